The van der Waals surface area contributed by atoms with E-state index in [1.165, 1.54) is 12.1 Å². The Bertz CT molecular complexity index is 514. The number of phenols is 1. The summed E-state index contributed by atoms with van der Waals surface area (Å²) in [6, 6.07) is 4.58. The fourth-order valence-electron chi connectivity index (χ4n) is 1.28. The van der Waals surface area contributed by atoms with Crippen LogP contribution in [-0.2, 0) is 4.79 Å². The summed E-state index contributed by atoms with van der Waals surface area (Å²) in [4.78, 5) is 11.3. The third-order valence-corrected chi connectivity index (χ3v) is 2.45. The molecule has 0 aliphatic carbocycles. The van der Waals surface area contributed by atoms with Crippen molar-refractivity contribution in [2.24, 2.45) is 0 Å². The number of carbonyl (C=O) groups is 1. The maximum Gasteiger partial charge on any atom is 0.273 e. The van der Waals surface area contributed by atoms with Crippen LogP contribution in [0.2, 0.25) is 5.02 Å². The van der Waals surface area contributed by atoms with Gasteiger partial charge in [0.05, 0.1) is 0 Å². The predicted octanol–water partition coefficient (Wildman–Crippen LogP) is 1.39. The highest BCUT2D eigenvalue weighted by atomic mass is 35.5. The molecule has 0 atom stereocenters. The highest BCUT2D eigenvalue weighted by molar-refractivity contribution is 7.80. The number of amides is 1. The maximum absolute atomic E-state index is 11.3. The van der Waals surface area contributed by atoms with E-state index in [0.29, 0.717) is 10.6 Å². The lowest BCUT2D eigenvalue weighted by molar-refractivity contribution is -0.115. The van der Waals surface area contributed by atoms with Crippen molar-refractivity contribution in [1.82, 2.24) is 10.6 Å². The van der Waals surface area contributed by atoms with Crippen molar-refractivity contribution in [3.05, 3.63) is 34.5 Å². The number of nitrogens with one attached hydrogen (secondary N) is 2. The molecule has 0 bridgehead atoms. The van der Waals surface area contributed by atoms with E-state index in [1.807, 2.05) is 0 Å². The lowest BCUT2D eigenvalue weighted by Crippen LogP contribution is -2.21. The molecule has 6 heteroatoms. The van der Waals surface area contributed by atoms with Crippen LogP contribution < -0.4 is 10.6 Å². The van der Waals surface area contributed by atoms with Crippen LogP contribution in [0.25, 0.3) is 6.08 Å². The summed E-state index contributed by atoms with van der Waals surface area (Å²) in [7, 11) is 0. The molecule has 82 valence electrons. The van der Waals surface area contributed by atoms with E-state index < -0.39 is 0 Å². The van der Waals surface area contributed by atoms with Crippen LogP contribution >= 0.6 is 23.8 Å². The fraction of sp³-hybridized carbons (Fsp3) is 0. The van der Waals surface area contributed by atoms with E-state index >= 15 is 0 Å². The number of phenolic OH excluding ortho intramolecular Hbond substituents is 1. The average molecular weight is 255 g/mol. The molecule has 0 unspecified atom stereocenters. The van der Waals surface area contributed by atoms with E-state index in [9.17, 15) is 9.90 Å². The number of halogens is 1. The molecule has 1 aliphatic heterocycles. The van der Waals surface area contributed by atoms with E-state index in [-0.39, 0.29) is 22.5 Å². The van der Waals surface area contributed by atoms with Crippen molar-refractivity contribution in [3.63, 3.8) is 0 Å². The number of carbonyl (C=O) groups excluding carboxylic acids is 1. The quantitative estimate of drug-likeness (QED) is 0.524. The Kier molecular flexibility index (Phi) is 2.80. The van der Waals surface area contributed by atoms with Crippen LogP contribution in [0.15, 0.2) is 23.9 Å². The standard InChI is InChI=1S/C10H7ClN2O2S/c11-6-1-2-8(14)5(3-6)4-7-9(15)13-10(16)12-7/h1-4,14H,(H2,12,13,15,16)/b7-4-. The number of benzene rings is 1. The first kappa shape index (κ1) is 10.9. The Balaban J connectivity index is 2.39. The number of hydrogen-bond donors (Lipinski definition) is 3. The second-order valence-electron chi connectivity index (χ2n) is 3.17. The molecule has 2 rings (SSSR count). The molecule has 0 radical (unpaired) electrons. The van der Waals surface area contributed by atoms with Crippen molar-refractivity contribution in [2.45, 2.75) is 0 Å². The molecule has 1 saturated heterocycles. The summed E-state index contributed by atoms with van der Waals surface area (Å²) >= 11 is 10.6. The molecular weight excluding hydrogens is 248 g/mol. The fourth-order valence-corrected chi connectivity index (χ4v) is 1.66. The van der Waals surface area contributed by atoms with Crippen LogP contribution in [0.5, 0.6) is 5.75 Å². The molecule has 1 aromatic carbocycles. The molecule has 0 aromatic heterocycles. The first-order chi connectivity index (χ1) is 7.56. The summed E-state index contributed by atoms with van der Waals surface area (Å²) in [5, 5.41) is 15.4. The topological polar surface area (TPSA) is 61.4 Å². The smallest absolute Gasteiger partial charge is 0.273 e. The normalized spacial score (nSPS) is 17.4. The summed E-state index contributed by atoms with van der Waals surface area (Å²) in [5.41, 5.74) is 0.734. The van der Waals surface area contributed by atoms with Gasteiger partial charge >= 0.3 is 0 Å². The zero-order valence-corrected chi connectivity index (χ0v) is 9.52. The molecule has 1 fully saturated rings. The second-order valence-corrected chi connectivity index (χ2v) is 4.01. The molecule has 1 amide bonds. The molecule has 1 aromatic rings. The number of aromatic hydroxyl groups is 1. The first-order valence-electron chi connectivity index (χ1n) is 4.39. The molecule has 3 N–H and O–H groups in total. The number of rotatable bonds is 1. The van der Waals surface area contributed by atoms with Gasteiger partial charge in [0.25, 0.3) is 5.91 Å². The Morgan fingerprint density at radius 2 is 2.12 bits per heavy atom. The summed E-state index contributed by atoms with van der Waals surface area (Å²) in [6.45, 7) is 0. The monoisotopic (exact) mass is 254 g/mol. The predicted molar refractivity (Wildman–Crippen MR) is 65.0 cm³/mol. The Labute approximate surface area is 102 Å². The van der Waals surface area contributed by atoms with Crippen LogP contribution in [0.1, 0.15) is 5.56 Å². The van der Waals surface area contributed by atoms with Gasteiger partial charge in [-0.15, -0.1) is 0 Å². The molecule has 16 heavy (non-hydrogen) atoms. The largest absolute Gasteiger partial charge is 0.507 e. The third-order valence-electron chi connectivity index (χ3n) is 2.01. The Morgan fingerprint density at radius 3 is 2.75 bits per heavy atom. The molecule has 1 aliphatic rings. The van der Waals surface area contributed by atoms with E-state index in [2.05, 4.69) is 10.6 Å². The van der Waals surface area contributed by atoms with Gasteiger partial charge in [-0.3, -0.25) is 10.1 Å². The van der Waals surface area contributed by atoms with Gasteiger partial charge in [0, 0.05) is 10.6 Å². The zero-order valence-electron chi connectivity index (χ0n) is 7.95. The van der Waals surface area contributed by atoms with E-state index in [4.69, 9.17) is 23.8 Å². The second kappa shape index (κ2) is 4.11. The minimum absolute atomic E-state index is 0.0457. The lowest BCUT2D eigenvalue weighted by atomic mass is 10.1. The van der Waals surface area contributed by atoms with Crippen LogP contribution in [0.4, 0.5) is 0 Å². The minimum atomic E-state index is -0.329. The Morgan fingerprint density at radius 1 is 1.38 bits per heavy atom. The van der Waals surface area contributed by atoms with Crippen molar-refractivity contribution in [2.75, 3.05) is 0 Å². The first-order valence-corrected chi connectivity index (χ1v) is 5.17. The van der Waals surface area contributed by atoms with Crippen LogP contribution in [0.3, 0.4) is 0 Å². The molecular formula is C10H7ClN2O2S. The maximum atomic E-state index is 11.3. The average Bonchev–Trinajstić information content (AvgIpc) is 2.51. The lowest BCUT2D eigenvalue weighted by Gasteiger charge is -2.00. The van der Waals surface area contributed by atoms with Crippen LogP contribution in [0, 0.1) is 0 Å². The molecule has 0 spiro atoms. The molecule has 0 saturated carbocycles. The van der Waals surface area contributed by atoms with Gasteiger partial charge in [-0.25, -0.2) is 0 Å². The summed E-state index contributed by atoms with van der Waals surface area (Å²) < 4.78 is 0. The van der Waals surface area contributed by atoms with E-state index in [1.54, 1.807) is 12.1 Å². The zero-order chi connectivity index (χ0) is 11.7. The van der Waals surface area contributed by atoms with Gasteiger partial charge in [-0.2, -0.15) is 0 Å². The van der Waals surface area contributed by atoms with Crippen molar-refractivity contribution in [1.29, 1.82) is 0 Å². The van der Waals surface area contributed by atoms with Crippen molar-refractivity contribution >= 4 is 40.9 Å². The highest BCUT2D eigenvalue weighted by Crippen LogP contribution is 2.23. The Hall–Kier alpha value is -1.59. The van der Waals surface area contributed by atoms with Gasteiger partial charge in [0.1, 0.15) is 11.4 Å². The van der Waals surface area contributed by atoms with Gasteiger partial charge in [-0.05, 0) is 36.5 Å². The van der Waals surface area contributed by atoms with E-state index in [0.717, 1.165) is 0 Å². The molecule has 1 heterocycles. The summed E-state index contributed by atoms with van der Waals surface area (Å²) in [6.07, 6.45) is 1.48. The SMILES string of the molecule is O=C1NC(=S)N/C1=C\c1cc(Cl)ccc1O. The van der Waals surface area contributed by atoms with Crippen molar-refractivity contribution in [3.8, 4) is 5.75 Å². The van der Waals surface area contributed by atoms with Gasteiger partial charge in [-0.1, -0.05) is 11.6 Å². The van der Waals surface area contributed by atoms with Gasteiger partial charge < -0.3 is 10.4 Å². The van der Waals surface area contributed by atoms with Gasteiger partial charge in [0.15, 0.2) is 5.11 Å². The summed E-state index contributed by atoms with van der Waals surface area (Å²) in [5.74, 6) is -0.284. The minimum Gasteiger partial charge on any atom is -0.507 e. The van der Waals surface area contributed by atoms with Crippen molar-refractivity contribution < 1.29 is 9.90 Å². The van der Waals surface area contributed by atoms with Gasteiger partial charge in [0.2, 0.25) is 0 Å². The molecule has 4 nitrogen and oxygen atoms in total. The number of thiocarbonyl (C=S) groups is 1. The third kappa shape index (κ3) is 2.15. The number of hydrogen-bond acceptors (Lipinski definition) is 3. The van der Waals surface area contributed by atoms with Crippen LogP contribution in [-0.4, -0.2) is 16.1 Å². The highest BCUT2D eigenvalue weighted by Gasteiger charge is 2.20.